The van der Waals surface area contributed by atoms with Crippen molar-refractivity contribution in [1.82, 2.24) is 5.32 Å². The third-order valence-electron chi connectivity index (χ3n) is 3.91. The minimum absolute atomic E-state index is 0.132. The van der Waals surface area contributed by atoms with Crippen molar-refractivity contribution < 1.29 is 27.9 Å². The first-order valence-corrected chi connectivity index (χ1v) is 8.78. The van der Waals surface area contributed by atoms with E-state index in [-0.39, 0.29) is 22.1 Å². The fraction of sp³-hybridized carbons (Fsp3) is 0.250. The number of carbonyl (C=O) groups is 3. The predicted octanol–water partition coefficient (Wildman–Crippen LogP) is 3.80. The lowest BCUT2D eigenvalue weighted by Crippen LogP contribution is -2.45. The smallest absolute Gasteiger partial charge is 0.329 e. The highest BCUT2D eigenvalue weighted by Gasteiger charge is 2.27. The summed E-state index contributed by atoms with van der Waals surface area (Å²) >= 11 is 5.98. The Hall–Kier alpha value is -2.80. The third kappa shape index (κ3) is 5.36. The quantitative estimate of drug-likeness (QED) is 0.557. The van der Waals surface area contributed by atoms with E-state index in [1.807, 2.05) is 0 Å². The number of amides is 1. The van der Waals surface area contributed by atoms with E-state index >= 15 is 0 Å². The van der Waals surface area contributed by atoms with Crippen molar-refractivity contribution in [3.8, 4) is 0 Å². The van der Waals surface area contributed by atoms with E-state index in [0.29, 0.717) is 0 Å². The van der Waals surface area contributed by atoms with Crippen molar-refractivity contribution in [2.75, 3.05) is 6.61 Å². The topological polar surface area (TPSA) is 72.5 Å². The highest BCUT2D eigenvalue weighted by Crippen LogP contribution is 2.16. The van der Waals surface area contributed by atoms with Gasteiger partial charge in [-0.3, -0.25) is 9.59 Å². The molecule has 1 N–H and O–H groups in total. The van der Waals surface area contributed by atoms with Crippen LogP contribution >= 0.6 is 11.6 Å². The molecule has 0 aromatic heterocycles. The van der Waals surface area contributed by atoms with Gasteiger partial charge in [0.05, 0.1) is 10.6 Å². The van der Waals surface area contributed by atoms with Crippen LogP contribution in [0.3, 0.4) is 0 Å². The zero-order valence-corrected chi connectivity index (χ0v) is 15.9. The molecule has 0 saturated heterocycles. The molecule has 2 aromatic rings. The Bertz CT molecular complexity index is 902. The molecular weight excluding hydrogens is 392 g/mol. The lowest BCUT2D eigenvalue weighted by Gasteiger charge is -2.21. The summed E-state index contributed by atoms with van der Waals surface area (Å²) in [6.07, 6.45) is 0. The Balaban J connectivity index is 2.02. The molecule has 0 aliphatic heterocycles. The number of esters is 1. The number of hydrogen-bond donors (Lipinski definition) is 1. The molecule has 0 aliphatic rings. The highest BCUT2D eigenvalue weighted by molar-refractivity contribution is 6.33. The molecular formula is C20H18ClF2NO4. The monoisotopic (exact) mass is 409 g/mol. The number of benzene rings is 2. The second kappa shape index (κ2) is 9.41. The fourth-order valence-corrected chi connectivity index (χ4v) is 2.56. The summed E-state index contributed by atoms with van der Waals surface area (Å²) in [4.78, 5) is 36.7. The lowest BCUT2D eigenvalue weighted by molar-refractivity contribution is -0.145. The van der Waals surface area contributed by atoms with Gasteiger partial charge in [0.2, 0.25) is 0 Å². The van der Waals surface area contributed by atoms with Crippen molar-refractivity contribution in [2.24, 2.45) is 5.92 Å². The van der Waals surface area contributed by atoms with Gasteiger partial charge in [0.15, 0.2) is 24.0 Å². The second-order valence-electron chi connectivity index (χ2n) is 6.33. The van der Waals surface area contributed by atoms with Crippen LogP contribution in [0.5, 0.6) is 0 Å². The molecule has 1 amide bonds. The van der Waals surface area contributed by atoms with Gasteiger partial charge in [-0.25, -0.2) is 13.6 Å². The van der Waals surface area contributed by atoms with Gasteiger partial charge in [-0.05, 0) is 36.2 Å². The zero-order valence-electron chi connectivity index (χ0n) is 15.2. The van der Waals surface area contributed by atoms with Crippen molar-refractivity contribution in [1.29, 1.82) is 0 Å². The highest BCUT2D eigenvalue weighted by atomic mass is 35.5. The Morgan fingerprint density at radius 2 is 1.75 bits per heavy atom. The van der Waals surface area contributed by atoms with Crippen molar-refractivity contribution in [3.63, 3.8) is 0 Å². The van der Waals surface area contributed by atoms with Crippen LogP contribution in [0.1, 0.15) is 34.6 Å². The van der Waals surface area contributed by atoms with Crippen molar-refractivity contribution in [2.45, 2.75) is 19.9 Å². The number of ether oxygens (including phenoxy) is 1. The Kier molecular flexibility index (Phi) is 7.23. The van der Waals surface area contributed by atoms with Crippen LogP contribution in [0.4, 0.5) is 8.78 Å². The van der Waals surface area contributed by atoms with Crippen molar-refractivity contribution in [3.05, 3.63) is 70.2 Å². The van der Waals surface area contributed by atoms with Crippen molar-refractivity contribution >= 4 is 29.3 Å². The normalized spacial score (nSPS) is 11.8. The molecule has 2 rings (SSSR count). The molecule has 0 fully saturated rings. The van der Waals surface area contributed by atoms with E-state index < -0.39 is 41.9 Å². The Morgan fingerprint density at radius 1 is 1.07 bits per heavy atom. The van der Waals surface area contributed by atoms with E-state index in [1.165, 1.54) is 6.07 Å². The first-order valence-electron chi connectivity index (χ1n) is 8.41. The van der Waals surface area contributed by atoms with E-state index in [4.69, 9.17) is 16.3 Å². The van der Waals surface area contributed by atoms with Crippen LogP contribution in [0.25, 0.3) is 0 Å². The molecule has 2 aromatic carbocycles. The van der Waals surface area contributed by atoms with Gasteiger partial charge in [-0.1, -0.05) is 37.6 Å². The number of halogens is 3. The molecule has 8 heteroatoms. The van der Waals surface area contributed by atoms with Gasteiger partial charge in [0.1, 0.15) is 6.04 Å². The molecule has 1 atom stereocenters. The Morgan fingerprint density at radius 3 is 2.36 bits per heavy atom. The standard InChI is InChI=1S/C20H18ClF2NO4/c1-11(2)18(24-19(26)13-5-3-4-6-14(13)21)20(27)28-10-17(25)12-7-8-15(22)16(23)9-12/h3-9,11,18H,10H2,1-2H3,(H,24,26)/t18-/m0/s1. The summed E-state index contributed by atoms with van der Waals surface area (Å²) < 4.78 is 31.1. The summed E-state index contributed by atoms with van der Waals surface area (Å²) in [7, 11) is 0. The maximum Gasteiger partial charge on any atom is 0.329 e. The number of hydrogen-bond acceptors (Lipinski definition) is 4. The van der Waals surface area contributed by atoms with Crippen LogP contribution in [-0.2, 0) is 9.53 Å². The predicted molar refractivity (Wildman–Crippen MR) is 99.2 cm³/mol. The van der Waals surface area contributed by atoms with Gasteiger partial charge in [-0.2, -0.15) is 0 Å². The van der Waals surface area contributed by atoms with Gasteiger partial charge < -0.3 is 10.1 Å². The first-order chi connectivity index (χ1) is 13.2. The minimum atomic E-state index is -1.18. The minimum Gasteiger partial charge on any atom is -0.456 e. The van der Waals surface area contributed by atoms with E-state index in [9.17, 15) is 23.2 Å². The zero-order chi connectivity index (χ0) is 20.8. The van der Waals surface area contributed by atoms with Crippen LogP contribution in [-0.4, -0.2) is 30.3 Å². The summed E-state index contributed by atoms with van der Waals surface area (Å²) in [5.74, 6) is -4.69. The fourth-order valence-electron chi connectivity index (χ4n) is 2.34. The molecule has 0 aliphatic carbocycles. The van der Waals surface area contributed by atoms with Crippen LogP contribution in [0.15, 0.2) is 42.5 Å². The van der Waals surface area contributed by atoms with Gasteiger partial charge in [0, 0.05) is 5.56 Å². The third-order valence-corrected chi connectivity index (χ3v) is 4.24. The van der Waals surface area contributed by atoms with Crippen LogP contribution < -0.4 is 5.32 Å². The average molecular weight is 410 g/mol. The number of nitrogens with one attached hydrogen (secondary N) is 1. The summed E-state index contributed by atoms with van der Waals surface area (Å²) in [6.45, 7) is 2.71. The second-order valence-corrected chi connectivity index (χ2v) is 6.74. The van der Waals surface area contributed by atoms with E-state index in [0.717, 1.165) is 18.2 Å². The SMILES string of the molecule is CC(C)[C@H](NC(=O)c1ccccc1Cl)C(=O)OCC(=O)c1ccc(F)c(F)c1. The molecule has 28 heavy (non-hydrogen) atoms. The number of carbonyl (C=O) groups excluding carboxylic acids is 3. The average Bonchev–Trinajstić information content (AvgIpc) is 2.66. The van der Waals surface area contributed by atoms with Gasteiger partial charge in [0.25, 0.3) is 5.91 Å². The largest absolute Gasteiger partial charge is 0.456 e. The molecule has 148 valence electrons. The van der Waals surface area contributed by atoms with Gasteiger partial charge >= 0.3 is 5.97 Å². The maximum absolute atomic E-state index is 13.2. The van der Waals surface area contributed by atoms with Crippen LogP contribution in [0, 0.1) is 17.6 Å². The summed E-state index contributed by atoms with van der Waals surface area (Å²) in [5.41, 5.74) is 0.0633. The summed E-state index contributed by atoms with van der Waals surface area (Å²) in [6, 6.07) is 7.94. The molecule has 0 radical (unpaired) electrons. The molecule has 0 heterocycles. The molecule has 0 spiro atoms. The molecule has 0 saturated carbocycles. The van der Waals surface area contributed by atoms with Gasteiger partial charge in [-0.15, -0.1) is 0 Å². The number of ketones is 1. The molecule has 0 bridgehead atoms. The number of Topliss-reactive ketones (excluding diaryl/α,β-unsaturated/α-hetero) is 1. The molecule has 5 nitrogen and oxygen atoms in total. The van der Waals surface area contributed by atoms with E-state index in [1.54, 1.807) is 32.0 Å². The first kappa shape index (κ1) is 21.5. The lowest BCUT2D eigenvalue weighted by atomic mass is 10.0. The van der Waals surface area contributed by atoms with E-state index in [2.05, 4.69) is 5.32 Å². The summed E-state index contributed by atoms with van der Waals surface area (Å²) in [5, 5.41) is 2.76. The molecule has 0 unspecified atom stereocenters. The maximum atomic E-state index is 13.2. The Labute approximate surface area is 165 Å². The van der Waals surface area contributed by atoms with Crippen LogP contribution in [0.2, 0.25) is 5.02 Å². The number of rotatable bonds is 7.